The lowest BCUT2D eigenvalue weighted by Crippen LogP contribution is -2.34. The second-order valence-corrected chi connectivity index (χ2v) is 6.70. The van der Waals surface area contributed by atoms with Crippen molar-refractivity contribution in [3.63, 3.8) is 0 Å². The fourth-order valence-electron chi connectivity index (χ4n) is 2.95. The molecule has 0 aliphatic carbocycles. The zero-order valence-electron chi connectivity index (χ0n) is 15.4. The highest BCUT2D eigenvalue weighted by molar-refractivity contribution is 6.30. The molecule has 0 aliphatic rings. The Bertz CT molecular complexity index is 955. The number of pyridine rings is 1. The minimum atomic E-state index is -0.443. The molecule has 0 bridgehead atoms. The van der Waals surface area contributed by atoms with Crippen LogP contribution >= 0.6 is 11.6 Å². The van der Waals surface area contributed by atoms with Crippen molar-refractivity contribution in [3.05, 3.63) is 71.0 Å². The van der Waals surface area contributed by atoms with Crippen LogP contribution in [0.25, 0.3) is 5.69 Å². The Kier molecular flexibility index (Phi) is 5.56. The SMILES string of the molecule is CCN(C(=O)C(C)c1ccc(Cl)cc1)c1cn(-c2cncc(F)c2)nc1C. The summed E-state index contributed by atoms with van der Waals surface area (Å²) >= 11 is 5.94. The minimum Gasteiger partial charge on any atom is -0.309 e. The van der Waals surface area contributed by atoms with Crippen LogP contribution in [0.4, 0.5) is 10.1 Å². The first-order chi connectivity index (χ1) is 12.9. The molecule has 27 heavy (non-hydrogen) atoms. The Morgan fingerprint density at radius 3 is 2.63 bits per heavy atom. The number of carbonyl (C=O) groups is 1. The van der Waals surface area contributed by atoms with E-state index in [2.05, 4.69) is 10.1 Å². The summed E-state index contributed by atoms with van der Waals surface area (Å²) < 4.78 is 15.0. The Balaban J connectivity index is 1.91. The third-order valence-corrected chi connectivity index (χ3v) is 4.69. The molecular formula is C20H20ClFN4O. The van der Waals surface area contributed by atoms with Gasteiger partial charge < -0.3 is 4.90 Å². The molecule has 1 unspecified atom stereocenters. The summed E-state index contributed by atoms with van der Waals surface area (Å²) in [6.07, 6.45) is 4.38. The van der Waals surface area contributed by atoms with Crippen LogP contribution in [0.1, 0.15) is 31.0 Å². The van der Waals surface area contributed by atoms with E-state index in [9.17, 15) is 9.18 Å². The summed E-state index contributed by atoms with van der Waals surface area (Å²) in [7, 11) is 0. The molecule has 0 spiro atoms. The molecule has 0 saturated heterocycles. The number of aromatic nitrogens is 3. The largest absolute Gasteiger partial charge is 0.309 e. The van der Waals surface area contributed by atoms with E-state index in [1.54, 1.807) is 23.2 Å². The molecule has 1 amide bonds. The van der Waals surface area contributed by atoms with Crippen molar-refractivity contribution in [2.45, 2.75) is 26.7 Å². The van der Waals surface area contributed by atoms with Gasteiger partial charge in [-0.1, -0.05) is 23.7 Å². The van der Waals surface area contributed by atoms with Crippen LogP contribution in [0.3, 0.4) is 0 Å². The first-order valence-electron chi connectivity index (χ1n) is 8.64. The maximum atomic E-state index is 13.5. The Morgan fingerprint density at radius 1 is 1.30 bits per heavy atom. The number of amides is 1. The van der Waals surface area contributed by atoms with Crippen LogP contribution in [0.15, 0.2) is 48.9 Å². The molecule has 140 valence electrons. The first-order valence-corrected chi connectivity index (χ1v) is 9.02. The molecule has 2 heterocycles. The number of nitrogens with zero attached hydrogens (tertiary/aromatic N) is 4. The van der Waals surface area contributed by atoms with Crippen LogP contribution in [0, 0.1) is 12.7 Å². The van der Waals surface area contributed by atoms with Crippen molar-refractivity contribution in [1.29, 1.82) is 0 Å². The average molecular weight is 387 g/mol. The van der Waals surface area contributed by atoms with E-state index in [1.807, 2.05) is 32.9 Å². The van der Waals surface area contributed by atoms with Crippen LogP contribution < -0.4 is 4.90 Å². The smallest absolute Gasteiger partial charge is 0.234 e. The van der Waals surface area contributed by atoms with Crippen LogP contribution in [-0.2, 0) is 4.79 Å². The van der Waals surface area contributed by atoms with Gasteiger partial charge in [-0.3, -0.25) is 9.78 Å². The lowest BCUT2D eigenvalue weighted by molar-refractivity contribution is -0.119. The average Bonchev–Trinajstić information content (AvgIpc) is 3.04. The van der Waals surface area contributed by atoms with Gasteiger partial charge in [-0.15, -0.1) is 0 Å². The van der Waals surface area contributed by atoms with Gasteiger partial charge in [0.05, 0.1) is 41.6 Å². The van der Waals surface area contributed by atoms with Crippen molar-refractivity contribution in [1.82, 2.24) is 14.8 Å². The zero-order chi connectivity index (χ0) is 19.6. The molecule has 0 fully saturated rings. The molecular weight excluding hydrogens is 367 g/mol. The number of aryl methyl sites for hydroxylation is 1. The van der Waals surface area contributed by atoms with Gasteiger partial charge in [0.15, 0.2) is 0 Å². The standard InChI is InChI=1S/C20H20ClFN4O/c1-4-25(20(27)13(2)15-5-7-16(21)8-6-15)19-12-26(24-14(19)3)18-9-17(22)10-23-11-18/h5-13H,4H2,1-3H3. The topological polar surface area (TPSA) is 51.0 Å². The first kappa shape index (κ1) is 19.0. The van der Waals surface area contributed by atoms with Gasteiger partial charge in [-0.25, -0.2) is 9.07 Å². The van der Waals surface area contributed by atoms with Gasteiger partial charge >= 0.3 is 0 Å². The minimum absolute atomic E-state index is 0.0418. The normalized spacial score (nSPS) is 12.0. The molecule has 5 nitrogen and oxygen atoms in total. The third kappa shape index (κ3) is 4.01. The second kappa shape index (κ2) is 7.88. The zero-order valence-corrected chi connectivity index (χ0v) is 16.1. The summed E-state index contributed by atoms with van der Waals surface area (Å²) in [5.41, 5.74) is 2.76. The van der Waals surface area contributed by atoms with Gasteiger partial charge in [-0.05, 0) is 38.5 Å². The summed E-state index contributed by atoms with van der Waals surface area (Å²) in [6, 6.07) is 8.60. The number of hydrogen-bond acceptors (Lipinski definition) is 3. The van der Waals surface area contributed by atoms with E-state index < -0.39 is 5.82 Å². The number of hydrogen-bond donors (Lipinski definition) is 0. The quantitative estimate of drug-likeness (QED) is 0.647. The number of rotatable bonds is 5. The van der Waals surface area contributed by atoms with Gasteiger partial charge in [0.25, 0.3) is 0 Å². The highest BCUT2D eigenvalue weighted by atomic mass is 35.5. The molecule has 7 heteroatoms. The highest BCUT2D eigenvalue weighted by Crippen LogP contribution is 2.26. The highest BCUT2D eigenvalue weighted by Gasteiger charge is 2.25. The molecule has 0 aliphatic heterocycles. The van der Waals surface area contributed by atoms with E-state index in [0.717, 1.165) is 11.8 Å². The fraction of sp³-hybridized carbons (Fsp3) is 0.250. The fourth-order valence-corrected chi connectivity index (χ4v) is 3.07. The summed E-state index contributed by atoms with van der Waals surface area (Å²) in [6.45, 7) is 6.09. The molecule has 1 aromatic carbocycles. The number of likely N-dealkylation sites (N-methyl/N-ethyl adjacent to an activating group) is 1. The van der Waals surface area contributed by atoms with Crippen LogP contribution in [0.5, 0.6) is 0 Å². The van der Waals surface area contributed by atoms with Crippen molar-refractivity contribution < 1.29 is 9.18 Å². The number of anilines is 1. The van der Waals surface area contributed by atoms with E-state index in [-0.39, 0.29) is 11.8 Å². The number of carbonyl (C=O) groups excluding carboxylic acids is 1. The van der Waals surface area contributed by atoms with E-state index in [4.69, 9.17) is 11.6 Å². The summed E-state index contributed by atoms with van der Waals surface area (Å²) in [4.78, 5) is 18.6. The van der Waals surface area contributed by atoms with E-state index >= 15 is 0 Å². The molecule has 2 aromatic heterocycles. The third-order valence-electron chi connectivity index (χ3n) is 4.44. The van der Waals surface area contributed by atoms with Gasteiger partial charge in [-0.2, -0.15) is 5.10 Å². The van der Waals surface area contributed by atoms with Crippen molar-refractivity contribution in [2.75, 3.05) is 11.4 Å². The lowest BCUT2D eigenvalue weighted by Gasteiger charge is -2.24. The van der Waals surface area contributed by atoms with Crippen molar-refractivity contribution in [2.24, 2.45) is 0 Å². The van der Waals surface area contributed by atoms with Gasteiger partial charge in [0.1, 0.15) is 5.82 Å². The number of halogens is 2. The summed E-state index contributed by atoms with van der Waals surface area (Å²) in [5, 5.41) is 5.05. The lowest BCUT2D eigenvalue weighted by atomic mass is 9.99. The monoisotopic (exact) mass is 386 g/mol. The second-order valence-electron chi connectivity index (χ2n) is 6.26. The van der Waals surface area contributed by atoms with Crippen LogP contribution in [-0.4, -0.2) is 27.2 Å². The Hall–Kier alpha value is -2.73. The maximum Gasteiger partial charge on any atom is 0.234 e. The molecule has 0 N–H and O–H groups in total. The molecule has 0 radical (unpaired) electrons. The Morgan fingerprint density at radius 2 is 2.00 bits per heavy atom. The predicted molar refractivity (Wildman–Crippen MR) is 104 cm³/mol. The van der Waals surface area contributed by atoms with Crippen LogP contribution in [0.2, 0.25) is 5.02 Å². The predicted octanol–water partition coefficient (Wildman–Crippen LogP) is 4.52. The van der Waals surface area contributed by atoms with E-state index in [0.29, 0.717) is 28.6 Å². The molecule has 3 aromatic rings. The van der Waals surface area contributed by atoms with Crippen molar-refractivity contribution >= 4 is 23.2 Å². The summed E-state index contributed by atoms with van der Waals surface area (Å²) in [5.74, 6) is -0.817. The maximum absolute atomic E-state index is 13.5. The van der Waals surface area contributed by atoms with E-state index in [1.165, 1.54) is 16.9 Å². The molecule has 0 saturated carbocycles. The molecule has 1 atom stereocenters. The van der Waals surface area contributed by atoms with Crippen molar-refractivity contribution in [3.8, 4) is 5.69 Å². The van der Waals surface area contributed by atoms with Gasteiger partial charge in [0.2, 0.25) is 5.91 Å². The Labute approximate surface area is 162 Å². The molecule has 3 rings (SSSR count). The van der Waals surface area contributed by atoms with Gasteiger partial charge in [0, 0.05) is 17.6 Å². The number of benzene rings is 1.